The zero-order valence-electron chi connectivity index (χ0n) is 31.9. The highest BCUT2D eigenvalue weighted by atomic mass is 16.7. The fourth-order valence-electron chi connectivity index (χ4n) is 6.46. The molecule has 0 bridgehead atoms. The molecule has 10 nitrogen and oxygen atoms in total. The Labute approximate surface area is 338 Å². The molecule has 0 radical (unpaired) electrons. The lowest BCUT2D eigenvalue weighted by molar-refractivity contribution is -0.305. The maximum absolute atomic E-state index is 14.4. The van der Waals surface area contributed by atoms with Crippen molar-refractivity contribution in [1.29, 1.82) is 0 Å². The van der Waals surface area contributed by atoms with Gasteiger partial charge in [-0.25, -0.2) is 4.79 Å². The predicted octanol–water partition coefficient (Wildman–Crippen LogP) is 7.83. The summed E-state index contributed by atoms with van der Waals surface area (Å²) < 4.78 is 44.0. The zero-order chi connectivity index (χ0) is 39.9. The summed E-state index contributed by atoms with van der Waals surface area (Å²) in [5.41, 5.74) is 4.52. The third-order valence-electron chi connectivity index (χ3n) is 9.55. The number of rotatable bonds is 18. The maximum Gasteiger partial charge on any atom is 0.340 e. The second-order valence-electron chi connectivity index (χ2n) is 13.8. The van der Waals surface area contributed by atoms with Gasteiger partial charge in [0.2, 0.25) is 12.0 Å². The Hall–Kier alpha value is -6.01. The zero-order valence-corrected chi connectivity index (χ0v) is 31.9. The third-order valence-corrected chi connectivity index (χ3v) is 9.55. The van der Waals surface area contributed by atoms with Crippen LogP contribution in [0.3, 0.4) is 0 Å². The summed E-state index contributed by atoms with van der Waals surface area (Å²) in [6.07, 6.45) is -5.98. The Morgan fingerprint density at radius 1 is 0.517 bits per heavy atom. The number of ether oxygens (including phenoxy) is 7. The summed E-state index contributed by atoms with van der Waals surface area (Å²) in [5.74, 6) is 0.0259. The molecule has 1 saturated heterocycles. The molecule has 0 saturated carbocycles. The van der Waals surface area contributed by atoms with Crippen LogP contribution in [-0.4, -0.2) is 53.5 Å². The van der Waals surface area contributed by atoms with Gasteiger partial charge in [0.1, 0.15) is 44.2 Å². The standard InChI is InChI=1S/C48H46O10/c49-28-42-43(50)45(55-32-37-22-12-4-13-23-37)46(56-33-38-24-14-5-15-25-38)48(57-42)58-47(51)39-26-40(52-29-34-16-6-1-7-17-34)44(54-31-36-20-10-3-11-21-36)41(27-39)53-30-35-18-8-2-9-19-35/h1-27,42-43,45-46,48-50H,28-33H2/t42-,43-,45+,46+,48+/m1/s1. The van der Waals surface area contributed by atoms with Gasteiger partial charge in [-0.2, -0.15) is 0 Å². The summed E-state index contributed by atoms with van der Waals surface area (Å²) in [7, 11) is 0. The van der Waals surface area contributed by atoms with Crippen LogP contribution >= 0.6 is 0 Å². The van der Waals surface area contributed by atoms with Crippen LogP contribution in [0.25, 0.3) is 0 Å². The highest BCUT2D eigenvalue weighted by Gasteiger charge is 2.48. The van der Waals surface area contributed by atoms with Crippen LogP contribution in [0.1, 0.15) is 38.2 Å². The molecule has 6 aromatic carbocycles. The third kappa shape index (κ3) is 10.9. The van der Waals surface area contributed by atoms with Gasteiger partial charge in [0.25, 0.3) is 0 Å². The molecular formula is C48H46O10. The molecule has 1 aliphatic heterocycles. The fourth-order valence-corrected chi connectivity index (χ4v) is 6.46. The summed E-state index contributed by atoms with van der Waals surface area (Å²) in [6.45, 7) is 0.232. The molecule has 0 unspecified atom stereocenters. The SMILES string of the molecule is O=C(O[C@@H]1O[C@H](CO)[C@@H](O)[C@H](OCc2ccccc2)[C@@H]1OCc1ccccc1)c1cc(OCc2ccccc2)c(OCc2ccccc2)c(OCc2ccccc2)c1. The largest absolute Gasteiger partial charge is 0.485 e. The second kappa shape index (κ2) is 20.4. The lowest BCUT2D eigenvalue weighted by Gasteiger charge is -2.43. The Bertz CT molecular complexity index is 2070. The van der Waals surface area contributed by atoms with Crippen molar-refractivity contribution in [3.63, 3.8) is 0 Å². The van der Waals surface area contributed by atoms with E-state index in [9.17, 15) is 15.0 Å². The van der Waals surface area contributed by atoms with Crippen LogP contribution in [0, 0.1) is 0 Å². The normalized spacial score (nSPS) is 18.9. The molecule has 1 fully saturated rings. The van der Waals surface area contributed by atoms with Gasteiger partial charge in [0.05, 0.1) is 25.4 Å². The van der Waals surface area contributed by atoms with E-state index in [-0.39, 0.29) is 50.1 Å². The molecule has 5 atom stereocenters. The highest BCUT2D eigenvalue weighted by molar-refractivity contribution is 5.91. The molecule has 2 N–H and O–H groups in total. The number of hydrogen-bond donors (Lipinski definition) is 2. The van der Waals surface area contributed by atoms with Crippen LogP contribution in [0.15, 0.2) is 164 Å². The highest BCUT2D eigenvalue weighted by Crippen LogP contribution is 2.41. The molecule has 10 heteroatoms. The van der Waals surface area contributed by atoms with E-state index < -0.39 is 43.3 Å². The fraction of sp³-hybridized carbons (Fsp3) is 0.229. The van der Waals surface area contributed by atoms with E-state index in [4.69, 9.17) is 33.2 Å². The average molecular weight is 783 g/mol. The predicted molar refractivity (Wildman–Crippen MR) is 216 cm³/mol. The Morgan fingerprint density at radius 3 is 1.31 bits per heavy atom. The molecule has 6 aromatic rings. The quantitative estimate of drug-likeness (QED) is 0.0835. The first-order valence-electron chi connectivity index (χ1n) is 19.2. The molecule has 0 amide bonds. The number of carbonyl (C=O) groups excluding carboxylic acids is 1. The molecule has 1 heterocycles. The van der Waals surface area contributed by atoms with E-state index in [2.05, 4.69) is 0 Å². The number of benzene rings is 6. The summed E-state index contributed by atoms with van der Waals surface area (Å²) >= 11 is 0. The average Bonchev–Trinajstić information content (AvgIpc) is 3.28. The van der Waals surface area contributed by atoms with Crippen LogP contribution in [0.4, 0.5) is 0 Å². The minimum Gasteiger partial charge on any atom is -0.485 e. The van der Waals surface area contributed by atoms with Crippen LogP contribution in [-0.2, 0) is 52.0 Å². The van der Waals surface area contributed by atoms with E-state index in [1.165, 1.54) is 0 Å². The van der Waals surface area contributed by atoms with E-state index in [0.29, 0.717) is 5.75 Å². The van der Waals surface area contributed by atoms with Crippen molar-refractivity contribution in [2.75, 3.05) is 6.61 Å². The monoisotopic (exact) mass is 782 g/mol. The van der Waals surface area contributed by atoms with Crippen molar-refractivity contribution in [1.82, 2.24) is 0 Å². The summed E-state index contributed by atoms with van der Waals surface area (Å²) in [4.78, 5) is 14.4. The topological polar surface area (TPSA) is 122 Å². The van der Waals surface area contributed by atoms with Crippen molar-refractivity contribution in [2.24, 2.45) is 0 Å². The van der Waals surface area contributed by atoms with Gasteiger partial charge in [0, 0.05) is 0 Å². The van der Waals surface area contributed by atoms with Gasteiger partial charge in [-0.3, -0.25) is 0 Å². The Morgan fingerprint density at radius 2 is 0.897 bits per heavy atom. The van der Waals surface area contributed by atoms with E-state index in [1.54, 1.807) is 12.1 Å². The van der Waals surface area contributed by atoms with E-state index >= 15 is 0 Å². The number of carbonyl (C=O) groups is 1. The molecule has 0 aliphatic carbocycles. The van der Waals surface area contributed by atoms with E-state index in [1.807, 2.05) is 152 Å². The van der Waals surface area contributed by atoms with Gasteiger partial charge in [-0.1, -0.05) is 152 Å². The lowest BCUT2D eigenvalue weighted by atomic mass is 9.98. The molecule has 0 spiro atoms. The van der Waals surface area contributed by atoms with Crippen molar-refractivity contribution in [3.05, 3.63) is 197 Å². The van der Waals surface area contributed by atoms with Crippen LogP contribution in [0.5, 0.6) is 17.2 Å². The van der Waals surface area contributed by atoms with E-state index in [0.717, 1.165) is 27.8 Å². The molecule has 0 aromatic heterocycles. The second-order valence-corrected chi connectivity index (χ2v) is 13.8. The van der Waals surface area contributed by atoms with Crippen molar-refractivity contribution < 1.29 is 48.2 Å². The Balaban J connectivity index is 1.21. The van der Waals surface area contributed by atoms with Gasteiger partial charge >= 0.3 is 5.97 Å². The van der Waals surface area contributed by atoms with Crippen molar-refractivity contribution >= 4 is 5.97 Å². The van der Waals surface area contributed by atoms with Gasteiger partial charge < -0.3 is 43.4 Å². The minimum atomic E-state index is -1.39. The number of hydrogen-bond acceptors (Lipinski definition) is 10. The number of esters is 1. The first-order valence-corrected chi connectivity index (χ1v) is 19.2. The van der Waals surface area contributed by atoms with Gasteiger partial charge in [0.15, 0.2) is 11.5 Å². The number of aliphatic hydroxyl groups excluding tert-OH is 2. The Kier molecular flexibility index (Phi) is 14.2. The first-order chi connectivity index (χ1) is 28.5. The molecule has 58 heavy (non-hydrogen) atoms. The van der Waals surface area contributed by atoms with Gasteiger partial charge in [-0.05, 0) is 39.9 Å². The minimum absolute atomic E-state index is 0.0806. The van der Waals surface area contributed by atoms with Crippen LogP contribution in [0.2, 0.25) is 0 Å². The van der Waals surface area contributed by atoms with Crippen LogP contribution < -0.4 is 14.2 Å². The first kappa shape index (κ1) is 40.2. The lowest BCUT2D eigenvalue weighted by Crippen LogP contribution is -2.61. The van der Waals surface area contributed by atoms with Gasteiger partial charge in [-0.15, -0.1) is 0 Å². The molecule has 1 aliphatic rings. The number of aliphatic hydroxyl groups is 2. The molecular weight excluding hydrogens is 737 g/mol. The summed E-state index contributed by atoms with van der Waals surface area (Å²) in [5, 5.41) is 21.7. The van der Waals surface area contributed by atoms with Crippen molar-refractivity contribution in [2.45, 2.75) is 63.7 Å². The summed E-state index contributed by atoms with van der Waals surface area (Å²) in [6, 6.07) is 51.0. The smallest absolute Gasteiger partial charge is 0.340 e. The molecule has 7 rings (SSSR count). The molecule has 298 valence electrons. The van der Waals surface area contributed by atoms with Crippen molar-refractivity contribution in [3.8, 4) is 17.2 Å². The maximum atomic E-state index is 14.4.